The highest BCUT2D eigenvalue weighted by Crippen LogP contribution is 2.18. The average molecular weight is 277 g/mol. The molecule has 1 aromatic carbocycles. The van der Waals surface area contributed by atoms with Crippen LogP contribution in [0.5, 0.6) is 0 Å². The highest BCUT2D eigenvalue weighted by molar-refractivity contribution is 6.01. The van der Waals surface area contributed by atoms with Crippen LogP contribution in [0.4, 0.5) is 5.69 Å². The van der Waals surface area contributed by atoms with E-state index in [1.807, 2.05) is 33.8 Å². The molecule has 5 nitrogen and oxygen atoms in total. The van der Waals surface area contributed by atoms with Gasteiger partial charge in [-0.3, -0.25) is 9.59 Å². The molecule has 3 N–H and O–H groups in total. The van der Waals surface area contributed by atoms with Gasteiger partial charge in [0.25, 0.3) is 5.91 Å². The van der Waals surface area contributed by atoms with E-state index in [0.717, 1.165) is 5.56 Å². The Hall–Kier alpha value is -2.04. The van der Waals surface area contributed by atoms with E-state index in [9.17, 15) is 9.59 Å². The van der Waals surface area contributed by atoms with Crippen LogP contribution in [0.15, 0.2) is 18.2 Å². The van der Waals surface area contributed by atoms with Crippen LogP contribution in [0.3, 0.4) is 0 Å². The third-order valence-corrected chi connectivity index (χ3v) is 3.01. The largest absolute Gasteiger partial charge is 0.398 e. The fourth-order valence-corrected chi connectivity index (χ4v) is 1.91. The van der Waals surface area contributed by atoms with Crippen LogP contribution in [0.25, 0.3) is 0 Å². The lowest BCUT2D eigenvalue weighted by Gasteiger charge is -2.22. The first-order valence-corrected chi connectivity index (χ1v) is 6.80. The van der Waals surface area contributed by atoms with E-state index in [4.69, 9.17) is 5.73 Å². The van der Waals surface area contributed by atoms with E-state index in [-0.39, 0.29) is 24.4 Å². The molecule has 2 amide bonds. The lowest BCUT2D eigenvalue weighted by Crippen LogP contribution is -2.42. The molecule has 0 spiro atoms. The topological polar surface area (TPSA) is 75.4 Å². The van der Waals surface area contributed by atoms with Gasteiger partial charge in [-0.15, -0.1) is 0 Å². The number of carbonyl (C=O) groups excluding carboxylic acids is 2. The number of anilines is 1. The van der Waals surface area contributed by atoms with Crippen molar-refractivity contribution in [3.8, 4) is 0 Å². The van der Waals surface area contributed by atoms with Crippen LogP contribution in [-0.4, -0.2) is 35.8 Å². The smallest absolute Gasteiger partial charge is 0.256 e. The molecule has 0 heterocycles. The van der Waals surface area contributed by atoms with Gasteiger partial charge in [0.05, 0.1) is 12.1 Å². The Morgan fingerprint density at radius 1 is 1.35 bits per heavy atom. The first-order chi connectivity index (χ1) is 9.36. The fraction of sp³-hybridized carbons (Fsp3) is 0.467. The molecule has 1 aromatic rings. The summed E-state index contributed by atoms with van der Waals surface area (Å²) in [5.41, 5.74) is 7.72. The van der Waals surface area contributed by atoms with Crippen molar-refractivity contribution in [2.75, 3.05) is 18.8 Å². The summed E-state index contributed by atoms with van der Waals surface area (Å²) in [6.45, 7) is 7.96. The number of para-hydroxylation sites is 1. The third kappa shape index (κ3) is 3.98. The zero-order valence-electron chi connectivity index (χ0n) is 12.6. The van der Waals surface area contributed by atoms with Crippen molar-refractivity contribution < 1.29 is 9.59 Å². The molecule has 1 rings (SSSR count). The van der Waals surface area contributed by atoms with Crippen molar-refractivity contribution in [3.05, 3.63) is 29.3 Å². The van der Waals surface area contributed by atoms with Crippen molar-refractivity contribution in [2.45, 2.75) is 33.7 Å². The molecule has 0 aromatic heterocycles. The molecule has 0 bridgehead atoms. The second-order valence-electron chi connectivity index (χ2n) is 5.08. The van der Waals surface area contributed by atoms with Crippen LogP contribution in [0.2, 0.25) is 0 Å². The van der Waals surface area contributed by atoms with Gasteiger partial charge in [0.15, 0.2) is 0 Å². The second-order valence-corrected chi connectivity index (χ2v) is 5.08. The van der Waals surface area contributed by atoms with Gasteiger partial charge in [0.2, 0.25) is 5.91 Å². The van der Waals surface area contributed by atoms with Gasteiger partial charge in [-0.25, -0.2) is 0 Å². The molecule has 0 atom stereocenters. The Morgan fingerprint density at radius 3 is 2.55 bits per heavy atom. The SMILES string of the molecule is CCN(CC(=O)NC(C)C)C(=O)c1cccc(C)c1N. The molecule has 0 fully saturated rings. The van der Waals surface area contributed by atoms with Crippen molar-refractivity contribution >= 4 is 17.5 Å². The van der Waals surface area contributed by atoms with Crippen molar-refractivity contribution in [3.63, 3.8) is 0 Å². The van der Waals surface area contributed by atoms with Crippen LogP contribution >= 0.6 is 0 Å². The van der Waals surface area contributed by atoms with E-state index >= 15 is 0 Å². The molecule has 20 heavy (non-hydrogen) atoms. The van der Waals surface area contributed by atoms with E-state index in [1.54, 1.807) is 12.1 Å². The second kappa shape index (κ2) is 6.93. The Balaban J connectivity index is 2.87. The highest BCUT2D eigenvalue weighted by atomic mass is 16.2. The van der Waals surface area contributed by atoms with Gasteiger partial charge in [0, 0.05) is 18.3 Å². The van der Waals surface area contributed by atoms with Crippen LogP contribution in [0, 0.1) is 6.92 Å². The average Bonchev–Trinajstić information content (AvgIpc) is 2.37. The van der Waals surface area contributed by atoms with Gasteiger partial charge < -0.3 is 16.0 Å². The number of amides is 2. The number of nitrogens with two attached hydrogens (primary N) is 1. The molecule has 0 saturated carbocycles. The summed E-state index contributed by atoms with van der Waals surface area (Å²) in [7, 11) is 0. The first kappa shape index (κ1) is 16.0. The number of hydrogen-bond donors (Lipinski definition) is 2. The maximum absolute atomic E-state index is 12.4. The van der Waals surface area contributed by atoms with Gasteiger partial charge in [-0.1, -0.05) is 12.1 Å². The Labute approximate surface area is 120 Å². The number of likely N-dealkylation sites (N-methyl/N-ethyl adjacent to an activating group) is 1. The fourth-order valence-electron chi connectivity index (χ4n) is 1.91. The third-order valence-electron chi connectivity index (χ3n) is 3.01. The van der Waals surface area contributed by atoms with Crippen LogP contribution in [0.1, 0.15) is 36.7 Å². The molecule has 0 aliphatic heterocycles. The molecular weight excluding hydrogens is 254 g/mol. The standard InChI is InChI=1S/C15H23N3O2/c1-5-18(9-13(19)17-10(2)3)15(20)12-8-6-7-11(4)14(12)16/h6-8,10H,5,9,16H2,1-4H3,(H,17,19). The van der Waals surface area contributed by atoms with Gasteiger partial charge in [-0.2, -0.15) is 0 Å². The minimum absolute atomic E-state index is 0.0426. The van der Waals surface area contributed by atoms with Crippen LogP contribution < -0.4 is 11.1 Å². The Kier molecular flexibility index (Phi) is 5.55. The summed E-state index contributed by atoms with van der Waals surface area (Å²) in [6, 6.07) is 5.39. The maximum Gasteiger partial charge on any atom is 0.256 e. The monoisotopic (exact) mass is 277 g/mol. The number of rotatable bonds is 5. The summed E-state index contributed by atoms with van der Waals surface area (Å²) in [4.78, 5) is 25.7. The number of carbonyl (C=O) groups is 2. The zero-order chi connectivity index (χ0) is 15.3. The Morgan fingerprint density at radius 2 is 2.00 bits per heavy atom. The number of nitrogen functional groups attached to an aromatic ring is 1. The minimum atomic E-state index is -0.215. The molecule has 110 valence electrons. The molecule has 0 saturated heterocycles. The lowest BCUT2D eigenvalue weighted by atomic mass is 10.1. The number of nitrogens with one attached hydrogen (secondary N) is 1. The number of benzene rings is 1. The van der Waals surface area contributed by atoms with Crippen molar-refractivity contribution in [2.24, 2.45) is 0 Å². The number of nitrogens with zero attached hydrogens (tertiary/aromatic N) is 1. The quantitative estimate of drug-likeness (QED) is 0.802. The molecule has 0 unspecified atom stereocenters. The molecule has 5 heteroatoms. The van der Waals surface area contributed by atoms with E-state index in [1.165, 1.54) is 4.90 Å². The maximum atomic E-state index is 12.4. The van der Waals surface area contributed by atoms with Crippen LogP contribution in [-0.2, 0) is 4.79 Å². The molecule has 0 radical (unpaired) electrons. The van der Waals surface area contributed by atoms with E-state index < -0.39 is 0 Å². The summed E-state index contributed by atoms with van der Waals surface area (Å²) in [6.07, 6.45) is 0. The summed E-state index contributed by atoms with van der Waals surface area (Å²) in [5.74, 6) is -0.381. The zero-order valence-corrected chi connectivity index (χ0v) is 12.6. The molecule has 0 aliphatic rings. The lowest BCUT2D eigenvalue weighted by molar-refractivity contribution is -0.122. The minimum Gasteiger partial charge on any atom is -0.398 e. The van der Waals surface area contributed by atoms with Crippen molar-refractivity contribution in [1.29, 1.82) is 0 Å². The van der Waals surface area contributed by atoms with Crippen molar-refractivity contribution in [1.82, 2.24) is 10.2 Å². The van der Waals surface area contributed by atoms with E-state index in [2.05, 4.69) is 5.32 Å². The number of hydrogen-bond acceptors (Lipinski definition) is 3. The highest BCUT2D eigenvalue weighted by Gasteiger charge is 2.20. The molecular formula is C15H23N3O2. The summed E-state index contributed by atoms with van der Waals surface area (Å²) in [5, 5.41) is 2.78. The number of aryl methyl sites for hydroxylation is 1. The Bertz CT molecular complexity index is 498. The summed E-state index contributed by atoms with van der Waals surface area (Å²) < 4.78 is 0. The first-order valence-electron chi connectivity index (χ1n) is 6.80. The summed E-state index contributed by atoms with van der Waals surface area (Å²) >= 11 is 0. The molecule has 0 aliphatic carbocycles. The van der Waals surface area contributed by atoms with E-state index in [0.29, 0.717) is 17.8 Å². The van der Waals surface area contributed by atoms with Gasteiger partial charge >= 0.3 is 0 Å². The normalized spacial score (nSPS) is 10.4. The van der Waals surface area contributed by atoms with Gasteiger partial charge in [0.1, 0.15) is 0 Å². The predicted molar refractivity (Wildman–Crippen MR) is 80.4 cm³/mol. The van der Waals surface area contributed by atoms with Gasteiger partial charge in [-0.05, 0) is 39.3 Å². The predicted octanol–water partition coefficient (Wildman–Crippen LogP) is 1.56.